The molecular weight excluding hydrogens is 154 g/mol. The van der Waals surface area contributed by atoms with E-state index in [1.165, 1.54) is 5.06 Å². The fraction of sp³-hybridized carbons (Fsp3) is 0.222. The van der Waals surface area contributed by atoms with Crippen LogP contribution in [0.3, 0.4) is 0 Å². The molecule has 12 heavy (non-hydrogen) atoms. The van der Waals surface area contributed by atoms with E-state index in [0.29, 0.717) is 13.0 Å². The zero-order valence-corrected chi connectivity index (χ0v) is 6.93. The number of hydroxylamine groups is 2. The zero-order valence-electron chi connectivity index (χ0n) is 6.93. The van der Waals surface area contributed by atoms with E-state index in [2.05, 4.69) is 4.84 Å². The molecule has 0 unspecified atom stereocenters. The average molecular weight is 165 g/mol. The number of carbonyl (C=O) groups excluding carboxylic acids is 1. The largest absolute Gasteiger partial charge is 0.371 e. The molecule has 0 saturated heterocycles. The van der Waals surface area contributed by atoms with Crippen molar-refractivity contribution >= 4 is 6.47 Å². The second kappa shape index (κ2) is 4.51. The molecule has 0 fully saturated rings. The van der Waals surface area contributed by atoms with Crippen molar-refractivity contribution in [3.05, 3.63) is 35.9 Å². The molecule has 0 radical (unpaired) electrons. The summed E-state index contributed by atoms with van der Waals surface area (Å²) < 4.78 is 0. The SMILES string of the molecule is CN(Cc1ccccc1)OC=O. The molecule has 0 aromatic heterocycles. The molecule has 0 spiro atoms. The Balaban J connectivity index is 2.46. The lowest BCUT2D eigenvalue weighted by molar-refractivity contribution is -0.169. The minimum Gasteiger partial charge on any atom is -0.371 e. The summed E-state index contributed by atoms with van der Waals surface area (Å²) in [6, 6.07) is 9.80. The molecule has 0 aliphatic rings. The molecule has 0 bridgehead atoms. The number of nitrogens with zero attached hydrogens (tertiary/aromatic N) is 1. The van der Waals surface area contributed by atoms with Crippen LogP contribution in [-0.4, -0.2) is 18.6 Å². The Kier molecular flexibility index (Phi) is 3.29. The molecule has 0 aliphatic heterocycles. The topological polar surface area (TPSA) is 29.5 Å². The summed E-state index contributed by atoms with van der Waals surface area (Å²) in [6.07, 6.45) is 0. The summed E-state index contributed by atoms with van der Waals surface area (Å²) in [7, 11) is 1.71. The van der Waals surface area contributed by atoms with E-state index in [4.69, 9.17) is 0 Å². The van der Waals surface area contributed by atoms with Gasteiger partial charge in [-0.05, 0) is 5.56 Å². The molecular formula is C9H11NO2. The molecule has 0 saturated carbocycles. The van der Waals surface area contributed by atoms with E-state index in [-0.39, 0.29) is 0 Å². The Hall–Kier alpha value is -1.35. The third kappa shape index (κ3) is 2.72. The highest BCUT2D eigenvalue weighted by Crippen LogP contribution is 2.01. The molecule has 1 aromatic carbocycles. The van der Waals surface area contributed by atoms with Gasteiger partial charge in [0.25, 0.3) is 0 Å². The van der Waals surface area contributed by atoms with Crippen LogP contribution >= 0.6 is 0 Å². The molecule has 64 valence electrons. The monoisotopic (exact) mass is 165 g/mol. The van der Waals surface area contributed by atoms with Gasteiger partial charge in [0, 0.05) is 7.05 Å². The van der Waals surface area contributed by atoms with Crippen LogP contribution < -0.4 is 0 Å². The first kappa shape index (κ1) is 8.74. The second-order valence-corrected chi connectivity index (χ2v) is 2.47. The molecule has 0 aliphatic carbocycles. The minimum absolute atomic E-state index is 0.420. The lowest BCUT2D eigenvalue weighted by atomic mass is 10.2. The smallest absolute Gasteiger partial charge is 0.312 e. The molecule has 3 nitrogen and oxygen atoms in total. The van der Waals surface area contributed by atoms with Crippen molar-refractivity contribution in [3.8, 4) is 0 Å². The summed E-state index contributed by atoms with van der Waals surface area (Å²) in [6.45, 7) is 1.03. The quantitative estimate of drug-likeness (QED) is 0.496. The van der Waals surface area contributed by atoms with Crippen LogP contribution in [0.5, 0.6) is 0 Å². The van der Waals surface area contributed by atoms with Gasteiger partial charge in [0.2, 0.25) is 0 Å². The van der Waals surface area contributed by atoms with Crippen LogP contribution in [-0.2, 0) is 16.2 Å². The first-order valence-electron chi connectivity index (χ1n) is 3.68. The Morgan fingerprint density at radius 3 is 2.67 bits per heavy atom. The van der Waals surface area contributed by atoms with E-state index >= 15 is 0 Å². The van der Waals surface area contributed by atoms with Crippen LogP contribution in [0.4, 0.5) is 0 Å². The van der Waals surface area contributed by atoms with Gasteiger partial charge < -0.3 is 4.84 Å². The molecule has 0 heterocycles. The number of carbonyl (C=O) groups is 1. The molecule has 1 rings (SSSR count). The van der Waals surface area contributed by atoms with E-state index in [1.807, 2.05) is 30.3 Å². The van der Waals surface area contributed by atoms with Crippen molar-refractivity contribution in [3.63, 3.8) is 0 Å². The number of hydrogen-bond donors (Lipinski definition) is 0. The second-order valence-electron chi connectivity index (χ2n) is 2.47. The van der Waals surface area contributed by atoms with Crippen LogP contribution in [0.2, 0.25) is 0 Å². The fourth-order valence-electron chi connectivity index (χ4n) is 0.951. The van der Waals surface area contributed by atoms with Gasteiger partial charge in [0.05, 0.1) is 6.54 Å². The molecule has 0 atom stereocenters. The highest BCUT2D eigenvalue weighted by atomic mass is 16.7. The van der Waals surface area contributed by atoms with Crippen LogP contribution in [0, 0.1) is 0 Å². The highest BCUT2D eigenvalue weighted by molar-refractivity contribution is 5.36. The maximum absolute atomic E-state index is 9.94. The van der Waals surface area contributed by atoms with Gasteiger partial charge in [-0.25, -0.2) is 0 Å². The number of benzene rings is 1. The van der Waals surface area contributed by atoms with Crippen molar-refractivity contribution < 1.29 is 9.63 Å². The van der Waals surface area contributed by atoms with Crippen molar-refractivity contribution in [2.75, 3.05) is 7.05 Å². The summed E-state index contributed by atoms with van der Waals surface area (Å²) in [5.41, 5.74) is 1.11. The van der Waals surface area contributed by atoms with Gasteiger partial charge in [0.15, 0.2) is 0 Å². The van der Waals surface area contributed by atoms with Gasteiger partial charge in [-0.2, -0.15) is 0 Å². The van der Waals surface area contributed by atoms with E-state index in [0.717, 1.165) is 5.56 Å². The predicted molar refractivity (Wildman–Crippen MR) is 45.1 cm³/mol. The molecule has 0 N–H and O–H groups in total. The van der Waals surface area contributed by atoms with E-state index in [9.17, 15) is 4.79 Å². The zero-order chi connectivity index (χ0) is 8.81. The first-order valence-corrected chi connectivity index (χ1v) is 3.68. The van der Waals surface area contributed by atoms with E-state index in [1.54, 1.807) is 7.05 Å². The Bertz CT molecular complexity index is 236. The van der Waals surface area contributed by atoms with Crippen LogP contribution in [0.15, 0.2) is 30.3 Å². The van der Waals surface area contributed by atoms with Crippen LogP contribution in [0.1, 0.15) is 5.56 Å². The molecule has 1 aromatic rings. The predicted octanol–water partition coefficient (Wildman–Crippen LogP) is 1.21. The fourth-order valence-corrected chi connectivity index (χ4v) is 0.951. The van der Waals surface area contributed by atoms with Gasteiger partial charge >= 0.3 is 6.47 Å². The third-order valence-electron chi connectivity index (χ3n) is 1.47. The minimum atomic E-state index is 0.420. The molecule has 3 heteroatoms. The summed E-state index contributed by atoms with van der Waals surface area (Å²) in [5.74, 6) is 0. The van der Waals surface area contributed by atoms with Crippen molar-refractivity contribution in [1.29, 1.82) is 0 Å². The van der Waals surface area contributed by atoms with Gasteiger partial charge in [-0.15, -0.1) is 5.06 Å². The van der Waals surface area contributed by atoms with Crippen LogP contribution in [0.25, 0.3) is 0 Å². The van der Waals surface area contributed by atoms with Crippen molar-refractivity contribution in [1.82, 2.24) is 5.06 Å². The highest BCUT2D eigenvalue weighted by Gasteiger charge is 1.97. The average Bonchev–Trinajstić information content (AvgIpc) is 2.06. The lowest BCUT2D eigenvalue weighted by Crippen LogP contribution is -2.17. The number of hydrogen-bond acceptors (Lipinski definition) is 3. The lowest BCUT2D eigenvalue weighted by Gasteiger charge is -2.11. The third-order valence-corrected chi connectivity index (χ3v) is 1.47. The van der Waals surface area contributed by atoms with Gasteiger partial charge in [0.1, 0.15) is 0 Å². The van der Waals surface area contributed by atoms with Gasteiger partial charge in [-0.1, -0.05) is 30.3 Å². The summed E-state index contributed by atoms with van der Waals surface area (Å²) >= 11 is 0. The first-order chi connectivity index (χ1) is 5.83. The van der Waals surface area contributed by atoms with E-state index < -0.39 is 0 Å². The van der Waals surface area contributed by atoms with Crippen molar-refractivity contribution in [2.24, 2.45) is 0 Å². The Morgan fingerprint density at radius 1 is 1.42 bits per heavy atom. The molecule has 0 amide bonds. The normalized spacial score (nSPS) is 9.83. The Morgan fingerprint density at radius 2 is 2.08 bits per heavy atom. The maximum Gasteiger partial charge on any atom is 0.312 e. The van der Waals surface area contributed by atoms with Gasteiger partial charge in [-0.3, -0.25) is 4.79 Å². The Labute approximate surface area is 71.5 Å². The number of rotatable bonds is 4. The maximum atomic E-state index is 9.94. The summed E-state index contributed by atoms with van der Waals surface area (Å²) in [4.78, 5) is 14.5. The summed E-state index contributed by atoms with van der Waals surface area (Å²) in [5, 5.41) is 1.47. The standard InChI is InChI=1S/C9H11NO2/c1-10(12-8-11)7-9-5-3-2-4-6-9/h2-6,8H,7H2,1H3. The van der Waals surface area contributed by atoms with Crippen molar-refractivity contribution in [2.45, 2.75) is 6.54 Å².